The monoisotopic (exact) mass is 239 g/mol. The van der Waals surface area contributed by atoms with Crippen LogP contribution in [0.1, 0.15) is 18.4 Å². The fourth-order valence-corrected chi connectivity index (χ4v) is 1.86. The molecule has 1 fully saturated rings. The predicted octanol–water partition coefficient (Wildman–Crippen LogP) is 2.10. The zero-order chi connectivity index (χ0) is 12.6. The van der Waals surface area contributed by atoms with Gasteiger partial charge in [-0.15, -0.1) is 0 Å². The van der Waals surface area contributed by atoms with Gasteiger partial charge in [-0.2, -0.15) is 0 Å². The molecule has 0 radical (unpaired) electrons. The Balaban J connectivity index is 2.29. The molecule has 0 unspecified atom stereocenters. The Morgan fingerprint density at radius 2 is 1.94 bits per heavy atom. The molecule has 17 heavy (non-hydrogen) atoms. The zero-order valence-corrected chi connectivity index (χ0v) is 9.63. The fraction of sp³-hybridized carbons (Fsp3) is 0.417. The van der Waals surface area contributed by atoms with Crippen molar-refractivity contribution in [3.05, 3.63) is 29.3 Å². The molecule has 0 aliphatic heterocycles. The van der Waals surface area contributed by atoms with E-state index < -0.39 is 11.6 Å². The molecule has 1 saturated carbocycles. The fourth-order valence-electron chi connectivity index (χ4n) is 1.86. The minimum absolute atomic E-state index is 0.0399. The smallest absolute Gasteiger partial charge is 0.150 e. The molecule has 2 rings (SSSR count). The number of hydrogen-bond acceptors (Lipinski definition) is 2. The van der Waals surface area contributed by atoms with Gasteiger partial charge in [-0.05, 0) is 30.9 Å². The lowest BCUT2D eigenvalue weighted by Gasteiger charge is -2.20. The number of amidine groups is 1. The Morgan fingerprint density at radius 3 is 2.35 bits per heavy atom. The maximum atomic E-state index is 13.8. The van der Waals surface area contributed by atoms with Gasteiger partial charge in [-0.1, -0.05) is 0 Å². The molecule has 1 aromatic rings. The number of halogens is 2. The van der Waals surface area contributed by atoms with Crippen LogP contribution >= 0.6 is 0 Å². The van der Waals surface area contributed by atoms with Gasteiger partial charge in [0.05, 0.1) is 0 Å². The third-order valence-corrected chi connectivity index (χ3v) is 2.94. The topological polar surface area (TPSA) is 53.1 Å². The van der Waals surface area contributed by atoms with Gasteiger partial charge < -0.3 is 10.6 Å². The molecule has 1 aliphatic carbocycles. The molecule has 0 bridgehead atoms. The summed E-state index contributed by atoms with van der Waals surface area (Å²) in [7, 11) is 1.67. The van der Waals surface area contributed by atoms with E-state index >= 15 is 0 Å². The van der Waals surface area contributed by atoms with E-state index in [-0.39, 0.29) is 17.1 Å². The number of rotatable bonds is 4. The molecule has 0 atom stereocenters. The van der Waals surface area contributed by atoms with Gasteiger partial charge in [-0.25, -0.2) is 8.78 Å². The molecule has 0 spiro atoms. The van der Waals surface area contributed by atoms with Crippen LogP contribution in [0.15, 0.2) is 12.1 Å². The lowest BCUT2D eigenvalue weighted by Crippen LogP contribution is -2.23. The van der Waals surface area contributed by atoms with E-state index in [1.54, 1.807) is 11.9 Å². The molecule has 1 aliphatic rings. The number of anilines is 1. The molecular formula is C12H15F2N3. The largest absolute Gasteiger partial charge is 0.384 e. The van der Waals surface area contributed by atoms with Crippen LogP contribution in [0.25, 0.3) is 0 Å². The van der Waals surface area contributed by atoms with Gasteiger partial charge in [0.15, 0.2) is 0 Å². The van der Waals surface area contributed by atoms with Crippen molar-refractivity contribution < 1.29 is 8.78 Å². The van der Waals surface area contributed by atoms with Crippen LogP contribution < -0.4 is 10.6 Å². The maximum Gasteiger partial charge on any atom is 0.150 e. The number of nitrogens with one attached hydrogen (secondary N) is 1. The van der Waals surface area contributed by atoms with Crippen LogP contribution in [0.2, 0.25) is 0 Å². The first-order chi connectivity index (χ1) is 7.99. The van der Waals surface area contributed by atoms with E-state index in [2.05, 4.69) is 0 Å². The molecular weight excluding hydrogens is 224 g/mol. The summed E-state index contributed by atoms with van der Waals surface area (Å²) in [5.41, 5.74) is 5.24. The summed E-state index contributed by atoms with van der Waals surface area (Å²) in [6.07, 6.45) is 2.25. The second kappa shape index (κ2) is 4.31. The highest BCUT2D eigenvalue weighted by Crippen LogP contribution is 2.32. The minimum Gasteiger partial charge on any atom is -0.384 e. The first-order valence-corrected chi connectivity index (χ1v) is 5.53. The average molecular weight is 239 g/mol. The van der Waals surface area contributed by atoms with Crippen LogP contribution in [0.4, 0.5) is 14.5 Å². The Bertz CT molecular complexity index is 432. The van der Waals surface area contributed by atoms with Crippen molar-refractivity contribution in [1.82, 2.24) is 0 Å². The summed E-state index contributed by atoms with van der Waals surface area (Å²) < 4.78 is 27.5. The molecule has 0 saturated heterocycles. The van der Waals surface area contributed by atoms with E-state index in [9.17, 15) is 8.78 Å². The van der Waals surface area contributed by atoms with E-state index in [1.165, 1.54) is 0 Å². The molecule has 3 nitrogen and oxygen atoms in total. The van der Waals surface area contributed by atoms with Gasteiger partial charge in [-0.3, -0.25) is 5.41 Å². The van der Waals surface area contributed by atoms with Gasteiger partial charge in [0.1, 0.15) is 23.2 Å². The van der Waals surface area contributed by atoms with E-state index in [0.29, 0.717) is 12.5 Å². The summed E-state index contributed by atoms with van der Waals surface area (Å²) in [5.74, 6) is -1.12. The summed E-state index contributed by atoms with van der Waals surface area (Å²) >= 11 is 0. The van der Waals surface area contributed by atoms with E-state index in [0.717, 1.165) is 25.0 Å². The Labute approximate surface area is 98.7 Å². The predicted molar refractivity (Wildman–Crippen MR) is 63.4 cm³/mol. The molecule has 5 heteroatoms. The second-order valence-electron chi connectivity index (χ2n) is 4.53. The molecule has 0 aromatic heterocycles. The van der Waals surface area contributed by atoms with Crippen molar-refractivity contribution >= 4 is 11.5 Å². The number of nitrogen functional groups attached to an aromatic ring is 1. The van der Waals surface area contributed by atoms with E-state index in [4.69, 9.17) is 11.1 Å². The van der Waals surface area contributed by atoms with Crippen molar-refractivity contribution in [2.75, 3.05) is 18.5 Å². The number of benzene rings is 1. The SMILES string of the molecule is CN(CC1CC1)c1c(F)cc(C(=N)N)cc1F. The first kappa shape index (κ1) is 11.8. The highest BCUT2D eigenvalue weighted by atomic mass is 19.1. The van der Waals surface area contributed by atoms with Crippen molar-refractivity contribution in [2.24, 2.45) is 11.7 Å². The quantitative estimate of drug-likeness (QED) is 0.624. The molecule has 3 N–H and O–H groups in total. The number of nitrogens with two attached hydrogens (primary N) is 1. The third-order valence-electron chi connectivity index (χ3n) is 2.94. The summed E-state index contributed by atoms with van der Waals surface area (Å²) in [4.78, 5) is 1.59. The minimum atomic E-state index is -0.668. The Morgan fingerprint density at radius 1 is 1.41 bits per heavy atom. The van der Waals surface area contributed by atoms with Crippen molar-refractivity contribution in [2.45, 2.75) is 12.8 Å². The second-order valence-corrected chi connectivity index (χ2v) is 4.53. The van der Waals surface area contributed by atoms with Gasteiger partial charge in [0, 0.05) is 19.2 Å². The highest BCUT2D eigenvalue weighted by Gasteiger charge is 2.25. The van der Waals surface area contributed by atoms with Crippen molar-refractivity contribution in [3.63, 3.8) is 0 Å². The standard InChI is InChI=1S/C12H15F2N3/c1-17(6-7-2-3-7)11-9(13)4-8(12(15)16)5-10(11)14/h4-5,7H,2-3,6H2,1H3,(H3,15,16). The average Bonchev–Trinajstić information content (AvgIpc) is 3.00. The molecule has 0 heterocycles. The van der Waals surface area contributed by atoms with Crippen molar-refractivity contribution in [1.29, 1.82) is 5.41 Å². The van der Waals surface area contributed by atoms with Crippen LogP contribution in [-0.4, -0.2) is 19.4 Å². The Hall–Kier alpha value is -1.65. The van der Waals surface area contributed by atoms with Crippen LogP contribution in [0.3, 0.4) is 0 Å². The lowest BCUT2D eigenvalue weighted by molar-refractivity contribution is 0.573. The normalized spacial score (nSPS) is 14.8. The zero-order valence-electron chi connectivity index (χ0n) is 9.63. The maximum absolute atomic E-state index is 13.8. The highest BCUT2D eigenvalue weighted by molar-refractivity contribution is 5.95. The summed E-state index contributed by atoms with van der Waals surface area (Å²) in [5, 5.41) is 7.16. The van der Waals surface area contributed by atoms with Crippen LogP contribution in [0.5, 0.6) is 0 Å². The molecule has 0 amide bonds. The first-order valence-electron chi connectivity index (χ1n) is 5.53. The van der Waals surface area contributed by atoms with Gasteiger partial charge >= 0.3 is 0 Å². The van der Waals surface area contributed by atoms with Gasteiger partial charge in [0.25, 0.3) is 0 Å². The summed E-state index contributed by atoms with van der Waals surface area (Å²) in [6, 6.07) is 2.20. The lowest BCUT2D eigenvalue weighted by atomic mass is 10.1. The number of nitrogens with zero attached hydrogens (tertiary/aromatic N) is 1. The number of hydrogen-bond donors (Lipinski definition) is 2. The van der Waals surface area contributed by atoms with Crippen molar-refractivity contribution in [3.8, 4) is 0 Å². The Kier molecular flexibility index (Phi) is 3.00. The van der Waals surface area contributed by atoms with Crippen LogP contribution in [-0.2, 0) is 0 Å². The summed E-state index contributed by atoms with van der Waals surface area (Å²) in [6.45, 7) is 0.660. The molecule has 92 valence electrons. The van der Waals surface area contributed by atoms with E-state index in [1.807, 2.05) is 0 Å². The van der Waals surface area contributed by atoms with Gasteiger partial charge in [0.2, 0.25) is 0 Å². The molecule has 1 aromatic carbocycles. The van der Waals surface area contributed by atoms with Crippen LogP contribution in [0, 0.1) is 23.0 Å². The third kappa shape index (κ3) is 2.54.